The molecule has 0 radical (unpaired) electrons. The largest absolute Gasteiger partial charge is 0.489 e. The van der Waals surface area contributed by atoms with Crippen LogP contribution < -0.4 is 4.74 Å². The Kier molecular flexibility index (Phi) is 4.69. The van der Waals surface area contributed by atoms with Crippen LogP contribution in [0.5, 0.6) is 5.75 Å². The Hall–Kier alpha value is -2.65. The minimum Gasteiger partial charge on any atom is -0.489 e. The van der Waals surface area contributed by atoms with Gasteiger partial charge < -0.3 is 9.84 Å². The number of rotatable bonds is 5. The molecular weight excluding hydrogens is 291 g/mol. The molecule has 0 aliphatic rings. The summed E-state index contributed by atoms with van der Waals surface area (Å²) in [6.45, 7) is 0.389. The van der Waals surface area contributed by atoms with Gasteiger partial charge in [0.15, 0.2) is 0 Å². The number of halogens is 1. The molecule has 3 aromatic rings. The van der Waals surface area contributed by atoms with E-state index in [1.54, 1.807) is 12.1 Å². The van der Waals surface area contributed by atoms with Gasteiger partial charge in [0.1, 0.15) is 18.2 Å². The van der Waals surface area contributed by atoms with Gasteiger partial charge in [-0.2, -0.15) is 0 Å². The van der Waals surface area contributed by atoms with Gasteiger partial charge in [-0.05, 0) is 41.0 Å². The molecule has 0 unspecified atom stereocenters. The van der Waals surface area contributed by atoms with Crippen molar-refractivity contribution in [2.24, 2.45) is 0 Å². The number of benzene rings is 3. The summed E-state index contributed by atoms with van der Waals surface area (Å²) in [5.41, 5.74) is 3.01. The molecule has 3 aromatic carbocycles. The van der Waals surface area contributed by atoms with E-state index in [1.807, 2.05) is 54.6 Å². The Morgan fingerprint density at radius 2 is 1.57 bits per heavy atom. The molecule has 0 aromatic heterocycles. The summed E-state index contributed by atoms with van der Waals surface area (Å²) >= 11 is 0. The maximum atomic E-state index is 13.9. The van der Waals surface area contributed by atoms with Gasteiger partial charge in [-0.3, -0.25) is 0 Å². The van der Waals surface area contributed by atoms with Crippen molar-refractivity contribution in [1.82, 2.24) is 0 Å². The van der Waals surface area contributed by atoms with Crippen molar-refractivity contribution >= 4 is 0 Å². The highest BCUT2D eigenvalue weighted by atomic mass is 19.1. The third-order valence-corrected chi connectivity index (χ3v) is 3.63. The standard InChI is InChI=1S/C20H17FO2/c21-20-11-6-16(13-22)12-19(20)17-7-9-18(10-8-17)23-14-15-4-2-1-3-5-15/h1-12,22H,13-14H2. The van der Waals surface area contributed by atoms with E-state index in [2.05, 4.69) is 0 Å². The van der Waals surface area contributed by atoms with Crippen molar-refractivity contribution in [3.05, 3.63) is 89.7 Å². The van der Waals surface area contributed by atoms with Gasteiger partial charge in [0.25, 0.3) is 0 Å². The topological polar surface area (TPSA) is 29.5 Å². The van der Waals surface area contributed by atoms with Crippen LogP contribution in [0.15, 0.2) is 72.8 Å². The lowest BCUT2D eigenvalue weighted by molar-refractivity contribution is 0.282. The molecule has 23 heavy (non-hydrogen) atoms. The normalized spacial score (nSPS) is 10.5. The lowest BCUT2D eigenvalue weighted by atomic mass is 10.0. The van der Waals surface area contributed by atoms with Crippen LogP contribution in [-0.4, -0.2) is 5.11 Å². The van der Waals surface area contributed by atoms with Crippen LogP contribution in [0.2, 0.25) is 0 Å². The third kappa shape index (κ3) is 3.76. The first-order chi connectivity index (χ1) is 11.3. The zero-order valence-electron chi connectivity index (χ0n) is 12.6. The fourth-order valence-electron chi connectivity index (χ4n) is 2.36. The number of hydrogen-bond acceptors (Lipinski definition) is 2. The fraction of sp³-hybridized carbons (Fsp3) is 0.100. The van der Waals surface area contributed by atoms with Crippen LogP contribution in [0.1, 0.15) is 11.1 Å². The summed E-state index contributed by atoms with van der Waals surface area (Å²) in [5.74, 6) is 0.427. The average Bonchev–Trinajstić information content (AvgIpc) is 2.62. The molecule has 1 N–H and O–H groups in total. The molecule has 3 rings (SSSR count). The Morgan fingerprint density at radius 3 is 2.26 bits per heavy atom. The van der Waals surface area contributed by atoms with Gasteiger partial charge in [-0.1, -0.05) is 48.5 Å². The minimum absolute atomic E-state index is 0.106. The highest BCUT2D eigenvalue weighted by Crippen LogP contribution is 2.26. The van der Waals surface area contributed by atoms with Crippen molar-refractivity contribution < 1.29 is 14.2 Å². The lowest BCUT2D eigenvalue weighted by Crippen LogP contribution is -1.95. The first-order valence-electron chi connectivity index (χ1n) is 7.43. The Bertz CT molecular complexity index is 767. The monoisotopic (exact) mass is 308 g/mol. The van der Waals surface area contributed by atoms with E-state index in [1.165, 1.54) is 6.07 Å². The molecule has 0 saturated heterocycles. The van der Waals surface area contributed by atoms with Crippen LogP contribution in [0, 0.1) is 5.82 Å². The average molecular weight is 308 g/mol. The van der Waals surface area contributed by atoms with E-state index >= 15 is 0 Å². The second kappa shape index (κ2) is 7.07. The van der Waals surface area contributed by atoms with Crippen LogP contribution in [0.4, 0.5) is 4.39 Å². The molecule has 0 spiro atoms. The molecular formula is C20H17FO2. The molecule has 0 fully saturated rings. The number of ether oxygens (including phenoxy) is 1. The predicted octanol–water partition coefficient (Wildman–Crippen LogP) is 4.56. The van der Waals surface area contributed by atoms with Crippen molar-refractivity contribution in [1.29, 1.82) is 0 Å². The highest BCUT2D eigenvalue weighted by molar-refractivity contribution is 5.65. The van der Waals surface area contributed by atoms with Crippen LogP contribution in [-0.2, 0) is 13.2 Å². The number of aliphatic hydroxyl groups excluding tert-OH is 1. The molecule has 0 heterocycles. The molecule has 0 saturated carbocycles. The summed E-state index contributed by atoms with van der Waals surface area (Å²) in [6.07, 6.45) is 0. The minimum atomic E-state index is -0.305. The maximum absolute atomic E-state index is 13.9. The van der Waals surface area contributed by atoms with E-state index in [-0.39, 0.29) is 12.4 Å². The van der Waals surface area contributed by atoms with Crippen molar-refractivity contribution in [2.75, 3.05) is 0 Å². The van der Waals surface area contributed by atoms with E-state index in [0.29, 0.717) is 17.7 Å². The van der Waals surface area contributed by atoms with Gasteiger partial charge in [0, 0.05) is 5.56 Å². The fourth-order valence-corrected chi connectivity index (χ4v) is 2.36. The summed E-state index contributed by atoms with van der Waals surface area (Å²) in [6, 6.07) is 21.8. The van der Waals surface area contributed by atoms with Gasteiger partial charge in [-0.25, -0.2) is 4.39 Å². The molecule has 0 bridgehead atoms. The van der Waals surface area contributed by atoms with Crippen LogP contribution in [0.3, 0.4) is 0 Å². The smallest absolute Gasteiger partial charge is 0.131 e. The second-order valence-corrected chi connectivity index (χ2v) is 5.27. The third-order valence-electron chi connectivity index (χ3n) is 3.63. The molecule has 0 aliphatic heterocycles. The van der Waals surface area contributed by atoms with Gasteiger partial charge in [-0.15, -0.1) is 0 Å². The van der Waals surface area contributed by atoms with E-state index in [4.69, 9.17) is 4.74 Å². The predicted molar refractivity (Wildman–Crippen MR) is 88.5 cm³/mol. The number of hydrogen-bond donors (Lipinski definition) is 1. The van der Waals surface area contributed by atoms with Crippen molar-refractivity contribution in [2.45, 2.75) is 13.2 Å². The lowest BCUT2D eigenvalue weighted by Gasteiger charge is -2.09. The molecule has 0 aliphatic carbocycles. The molecule has 116 valence electrons. The first-order valence-corrected chi connectivity index (χ1v) is 7.43. The van der Waals surface area contributed by atoms with E-state index < -0.39 is 0 Å². The molecule has 3 heteroatoms. The van der Waals surface area contributed by atoms with Gasteiger partial charge in [0.05, 0.1) is 6.61 Å². The van der Waals surface area contributed by atoms with Gasteiger partial charge in [0.2, 0.25) is 0 Å². The Labute approximate surface area is 134 Å². The van der Waals surface area contributed by atoms with E-state index in [0.717, 1.165) is 16.9 Å². The Morgan fingerprint density at radius 1 is 0.826 bits per heavy atom. The first kappa shape index (κ1) is 15.3. The van der Waals surface area contributed by atoms with E-state index in [9.17, 15) is 9.50 Å². The maximum Gasteiger partial charge on any atom is 0.131 e. The quantitative estimate of drug-likeness (QED) is 0.748. The molecule has 2 nitrogen and oxygen atoms in total. The zero-order valence-corrected chi connectivity index (χ0v) is 12.6. The SMILES string of the molecule is OCc1ccc(F)c(-c2ccc(OCc3ccccc3)cc2)c1. The van der Waals surface area contributed by atoms with Crippen molar-refractivity contribution in [3.63, 3.8) is 0 Å². The van der Waals surface area contributed by atoms with Gasteiger partial charge >= 0.3 is 0 Å². The summed E-state index contributed by atoms with van der Waals surface area (Å²) in [4.78, 5) is 0. The molecule has 0 atom stereocenters. The summed E-state index contributed by atoms with van der Waals surface area (Å²) < 4.78 is 19.7. The van der Waals surface area contributed by atoms with Crippen LogP contribution >= 0.6 is 0 Å². The summed E-state index contributed by atoms with van der Waals surface area (Å²) in [5, 5.41) is 9.18. The number of aliphatic hydroxyl groups is 1. The highest BCUT2D eigenvalue weighted by Gasteiger charge is 2.06. The van der Waals surface area contributed by atoms with Crippen LogP contribution in [0.25, 0.3) is 11.1 Å². The molecule has 0 amide bonds. The summed E-state index contributed by atoms with van der Waals surface area (Å²) in [7, 11) is 0. The Balaban J connectivity index is 1.74. The van der Waals surface area contributed by atoms with Crippen molar-refractivity contribution in [3.8, 4) is 16.9 Å². The second-order valence-electron chi connectivity index (χ2n) is 5.27. The zero-order chi connectivity index (χ0) is 16.1.